The zero-order chi connectivity index (χ0) is 16.5. The zero-order valence-corrected chi connectivity index (χ0v) is 14.2. The van der Waals surface area contributed by atoms with Gasteiger partial charge in [0.15, 0.2) is 0 Å². The van der Waals surface area contributed by atoms with Crippen LogP contribution in [0, 0.1) is 5.92 Å². The Hall–Kier alpha value is -1.85. The molecular formula is C19H25N3O2. The summed E-state index contributed by atoms with van der Waals surface area (Å²) in [6, 6.07) is 8.47. The molecule has 5 nitrogen and oxygen atoms in total. The summed E-state index contributed by atoms with van der Waals surface area (Å²) in [5.74, 6) is 0.563. The van der Waals surface area contributed by atoms with E-state index in [1.165, 1.54) is 39.6 Å². The van der Waals surface area contributed by atoms with Crippen LogP contribution in [0.5, 0.6) is 0 Å². The fraction of sp³-hybridized carbons (Fsp3) is 0.526. The molecule has 24 heavy (non-hydrogen) atoms. The van der Waals surface area contributed by atoms with Crippen LogP contribution in [-0.2, 0) is 11.3 Å². The van der Waals surface area contributed by atoms with Gasteiger partial charge in [0.2, 0.25) is 0 Å². The molecule has 1 aromatic heterocycles. The molecule has 0 radical (unpaired) electrons. The highest BCUT2D eigenvalue weighted by Gasteiger charge is 2.33. The molecule has 3 aliphatic heterocycles. The quantitative estimate of drug-likeness (QED) is 0.855. The maximum atomic E-state index is 12.0. The Balaban J connectivity index is 1.46. The van der Waals surface area contributed by atoms with Crippen molar-refractivity contribution in [2.75, 3.05) is 33.3 Å². The lowest BCUT2D eigenvalue weighted by atomic mass is 9.84. The van der Waals surface area contributed by atoms with Crippen molar-refractivity contribution in [2.45, 2.75) is 25.4 Å². The van der Waals surface area contributed by atoms with Crippen molar-refractivity contribution in [1.29, 1.82) is 0 Å². The van der Waals surface area contributed by atoms with E-state index in [-0.39, 0.29) is 5.97 Å². The number of piperidine rings is 3. The van der Waals surface area contributed by atoms with Crippen LogP contribution in [0.3, 0.4) is 0 Å². The average Bonchev–Trinajstić information content (AvgIpc) is 3.05. The number of hydrogen-bond acceptors (Lipinski definition) is 4. The largest absolute Gasteiger partial charge is 0.465 e. The van der Waals surface area contributed by atoms with E-state index in [0.717, 1.165) is 29.9 Å². The summed E-state index contributed by atoms with van der Waals surface area (Å²) in [5, 5.41) is 4.82. The van der Waals surface area contributed by atoms with Gasteiger partial charge in [-0.25, -0.2) is 4.79 Å². The van der Waals surface area contributed by atoms with E-state index in [2.05, 4.69) is 27.0 Å². The minimum absolute atomic E-state index is 0.272. The number of methoxy groups -OCH3 is 1. The number of fused-ring (bicyclic) bond motifs is 4. The molecule has 3 saturated heterocycles. The van der Waals surface area contributed by atoms with Crippen molar-refractivity contribution in [2.24, 2.45) is 5.92 Å². The lowest BCUT2D eigenvalue weighted by Gasteiger charge is -2.45. The Morgan fingerprint density at radius 3 is 2.83 bits per heavy atom. The number of benzene rings is 1. The fourth-order valence-corrected chi connectivity index (χ4v) is 4.29. The monoisotopic (exact) mass is 327 g/mol. The molecule has 0 amide bonds. The number of carbonyl (C=O) groups is 1. The molecule has 128 valence electrons. The topological polar surface area (TPSA) is 46.5 Å². The van der Waals surface area contributed by atoms with E-state index in [1.807, 2.05) is 18.2 Å². The van der Waals surface area contributed by atoms with Crippen LogP contribution in [-0.4, -0.2) is 54.8 Å². The first-order valence-electron chi connectivity index (χ1n) is 8.88. The summed E-state index contributed by atoms with van der Waals surface area (Å²) >= 11 is 0. The second-order valence-corrected chi connectivity index (χ2v) is 6.94. The Bertz CT molecular complexity index is 731. The predicted molar refractivity (Wildman–Crippen MR) is 94.2 cm³/mol. The molecule has 0 unspecified atom stereocenters. The van der Waals surface area contributed by atoms with Crippen LogP contribution < -0.4 is 5.32 Å². The van der Waals surface area contributed by atoms with Gasteiger partial charge in [-0.3, -0.25) is 0 Å². The van der Waals surface area contributed by atoms with E-state index < -0.39 is 0 Å². The number of esters is 1. The van der Waals surface area contributed by atoms with Gasteiger partial charge in [0.1, 0.15) is 0 Å². The van der Waals surface area contributed by atoms with Gasteiger partial charge in [0.05, 0.1) is 18.2 Å². The molecule has 4 heterocycles. The van der Waals surface area contributed by atoms with Gasteiger partial charge in [-0.1, -0.05) is 12.1 Å². The molecule has 3 fully saturated rings. The number of rotatable bonds is 5. The smallest absolute Gasteiger partial charge is 0.340 e. The van der Waals surface area contributed by atoms with Crippen molar-refractivity contribution in [1.82, 2.24) is 14.8 Å². The van der Waals surface area contributed by atoms with Gasteiger partial charge < -0.3 is 19.5 Å². The summed E-state index contributed by atoms with van der Waals surface area (Å²) in [4.78, 5) is 14.6. The maximum absolute atomic E-state index is 12.0. The number of aromatic nitrogens is 1. The second kappa shape index (κ2) is 6.57. The summed E-state index contributed by atoms with van der Waals surface area (Å²) in [6.45, 7) is 5.51. The minimum Gasteiger partial charge on any atom is -0.465 e. The molecule has 1 atom stereocenters. The van der Waals surface area contributed by atoms with E-state index in [9.17, 15) is 4.79 Å². The van der Waals surface area contributed by atoms with Crippen LogP contribution in [0.4, 0.5) is 0 Å². The van der Waals surface area contributed by atoms with Crippen molar-refractivity contribution in [3.05, 3.63) is 36.0 Å². The highest BCUT2D eigenvalue weighted by atomic mass is 16.5. The summed E-state index contributed by atoms with van der Waals surface area (Å²) < 4.78 is 7.09. The van der Waals surface area contributed by atoms with E-state index in [0.29, 0.717) is 11.6 Å². The van der Waals surface area contributed by atoms with Crippen LogP contribution in [0.25, 0.3) is 10.9 Å². The molecule has 1 aromatic carbocycles. The first-order valence-corrected chi connectivity index (χ1v) is 8.88. The Morgan fingerprint density at radius 2 is 2.12 bits per heavy atom. The first-order chi connectivity index (χ1) is 11.8. The Labute approximate surface area is 142 Å². The van der Waals surface area contributed by atoms with Crippen molar-refractivity contribution in [3.8, 4) is 0 Å². The molecule has 0 saturated carbocycles. The molecular weight excluding hydrogens is 302 g/mol. The minimum atomic E-state index is -0.272. The summed E-state index contributed by atoms with van der Waals surface area (Å²) in [6.07, 6.45) is 4.72. The molecule has 0 spiro atoms. The third kappa shape index (κ3) is 2.82. The summed E-state index contributed by atoms with van der Waals surface area (Å²) in [7, 11) is 1.43. The number of nitrogens with zero attached hydrogens (tertiary/aromatic N) is 2. The van der Waals surface area contributed by atoms with Crippen molar-refractivity contribution >= 4 is 16.9 Å². The van der Waals surface area contributed by atoms with Crippen LogP contribution >= 0.6 is 0 Å². The Morgan fingerprint density at radius 1 is 1.29 bits per heavy atom. The average molecular weight is 327 g/mol. The van der Waals surface area contributed by atoms with E-state index in [4.69, 9.17) is 4.74 Å². The fourth-order valence-electron chi connectivity index (χ4n) is 4.29. The number of carbonyl (C=O) groups excluding carboxylic acids is 1. The standard InChI is InChI=1S/C19H25N3O2/c1-24-19(23)16-4-2-3-15-7-11-22(18(15)16)12-8-20-17-13-21-9-5-14(17)6-10-21/h2-4,7,11,14,17,20H,5-6,8-10,12-13H2,1H3/t17-/m1/s1. The van der Waals surface area contributed by atoms with Crippen molar-refractivity contribution in [3.63, 3.8) is 0 Å². The Kier molecular flexibility index (Phi) is 4.29. The van der Waals surface area contributed by atoms with Gasteiger partial charge in [0, 0.05) is 37.3 Å². The second-order valence-electron chi connectivity index (χ2n) is 6.94. The lowest BCUT2D eigenvalue weighted by Crippen LogP contribution is -2.56. The number of nitrogens with one attached hydrogen (secondary N) is 1. The highest BCUT2D eigenvalue weighted by molar-refractivity contribution is 6.03. The summed E-state index contributed by atoms with van der Waals surface area (Å²) in [5.41, 5.74) is 1.61. The number of hydrogen-bond donors (Lipinski definition) is 1. The van der Waals surface area contributed by atoms with Crippen LogP contribution in [0.15, 0.2) is 30.5 Å². The van der Waals surface area contributed by atoms with Gasteiger partial charge >= 0.3 is 5.97 Å². The maximum Gasteiger partial charge on any atom is 0.340 e. The molecule has 1 N–H and O–H groups in total. The highest BCUT2D eigenvalue weighted by Crippen LogP contribution is 2.27. The molecule has 5 heteroatoms. The van der Waals surface area contributed by atoms with Crippen molar-refractivity contribution < 1.29 is 9.53 Å². The van der Waals surface area contributed by atoms with Gasteiger partial charge in [-0.15, -0.1) is 0 Å². The first kappa shape index (κ1) is 15.7. The van der Waals surface area contributed by atoms with E-state index >= 15 is 0 Å². The third-order valence-electron chi connectivity index (χ3n) is 5.61. The molecule has 2 bridgehead atoms. The molecule has 2 aromatic rings. The number of ether oxygens (including phenoxy) is 1. The normalized spacial score (nSPS) is 26.0. The van der Waals surface area contributed by atoms with E-state index in [1.54, 1.807) is 0 Å². The zero-order valence-electron chi connectivity index (χ0n) is 14.2. The van der Waals surface area contributed by atoms with Crippen LogP contribution in [0.2, 0.25) is 0 Å². The van der Waals surface area contributed by atoms with Gasteiger partial charge in [-0.05, 0) is 44.0 Å². The molecule has 3 aliphatic rings. The SMILES string of the molecule is COC(=O)c1cccc2ccn(CCN[C@@H]3CN4CCC3CC4)c12. The van der Waals surface area contributed by atoms with Gasteiger partial charge in [0.25, 0.3) is 0 Å². The van der Waals surface area contributed by atoms with Crippen LogP contribution in [0.1, 0.15) is 23.2 Å². The van der Waals surface area contributed by atoms with Gasteiger partial charge in [-0.2, -0.15) is 0 Å². The molecule has 0 aliphatic carbocycles. The lowest BCUT2D eigenvalue weighted by molar-refractivity contribution is 0.0602. The number of para-hydroxylation sites is 1. The molecule has 5 rings (SSSR count). The third-order valence-corrected chi connectivity index (χ3v) is 5.61. The predicted octanol–water partition coefficient (Wildman–Crippen LogP) is 2.11.